The molecule has 0 aromatic heterocycles. The minimum atomic E-state index is -4.43. The topological polar surface area (TPSA) is 17.1 Å². The maximum atomic E-state index is 14.3. The molecule has 0 N–H and O–H groups in total. The summed E-state index contributed by atoms with van der Waals surface area (Å²) in [5.41, 5.74) is 2.37. The van der Waals surface area contributed by atoms with E-state index in [1.54, 1.807) is 48.5 Å². The second-order valence-electron chi connectivity index (χ2n) is 5.88. The molecule has 0 saturated carbocycles. The van der Waals surface area contributed by atoms with E-state index < -0.39 is 18.9 Å². The van der Waals surface area contributed by atoms with E-state index in [4.69, 9.17) is 0 Å². The summed E-state index contributed by atoms with van der Waals surface area (Å²) in [6, 6.07) is 22.3. The fraction of sp³-hybridized carbons (Fsp3) is 0.0455. The highest BCUT2D eigenvalue weighted by Crippen LogP contribution is 2.56. The van der Waals surface area contributed by atoms with Gasteiger partial charge in [0.2, 0.25) is 0 Å². The average Bonchev–Trinajstić information content (AvgIpc) is 2.69. The molecule has 0 bridgehead atoms. The van der Waals surface area contributed by atoms with Crippen LogP contribution in [0.15, 0.2) is 97.2 Å². The zero-order valence-corrected chi connectivity index (χ0v) is 15.2. The van der Waals surface area contributed by atoms with Crippen molar-refractivity contribution >= 4 is 23.1 Å². The third kappa shape index (κ3) is 3.68. The molecule has 3 aromatic carbocycles. The Labute approximate surface area is 155 Å². The van der Waals surface area contributed by atoms with Gasteiger partial charge >= 0.3 is 6.18 Å². The smallest absolute Gasteiger partial charge is 0.308 e. The molecule has 0 radical (unpaired) electrons. The van der Waals surface area contributed by atoms with Crippen molar-refractivity contribution in [2.24, 2.45) is 0 Å². The average molecular weight is 384 g/mol. The molecular weight excluding hydrogens is 368 g/mol. The van der Waals surface area contributed by atoms with E-state index >= 15 is 0 Å². The maximum absolute atomic E-state index is 14.3. The van der Waals surface area contributed by atoms with E-state index in [2.05, 4.69) is 12.3 Å². The van der Waals surface area contributed by atoms with Gasteiger partial charge in [0.1, 0.15) is 0 Å². The Morgan fingerprint density at radius 1 is 0.778 bits per heavy atom. The van der Waals surface area contributed by atoms with Gasteiger partial charge in [-0.2, -0.15) is 13.2 Å². The monoisotopic (exact) mass is 384 g/mol. The Balaban J connectivity index is 2.20. The highest BCUT2D eigenvalue weighted by Gasteiger charge is 2.34. The summed E-state index contributed by atoms with van der Waals surface area (Å²) in [6.45, 7) is 3.67. The lowest BCUT2D eigenvalue weighted by molar-refractivity contribution is -0.137. The van der Waals surface area contributed by atoms with Crippen LogP contribution in [0.5, 0.6) is 0 Å². The van der Waals surface area contributed by atoms with Gasteiger partial charge < -0.3 is 4.57 Å². The molecule has 0 fully saturated rings. The van der Waals surface area contributed by atoms with Crippen molar-refractivity contribution in [2.75, 3.05) is 0 Å². The Bertz CT molecular complexity index is 973. The molecule has 3 aromatic rings. The molecule has 0 aliphatic carbocycles. The highest BCUT2D eigenvalue weighted by atomic mass is 31.2. The third-order valence-corrected chi connectivity index (χ3v) is 7.30. The third-order valence-electron chi connectivity index (χ3n) is 4.21. The SMILES string of the molecule is C=C=C(c1ccc(C(F)(F)F)cc1)P(=O)(c1ccccc1)c1ccccc1. The van der Waals surface area contributed by atoms with Crippen LogP contribution in [0.1, 0.15) is 11.1 Å². The number of alkyl halides is 3. The first-order valence-corrected chi connectivity index (χ1v) is 9.87. The number of halogens is 3. The lowest BCUT2D eigenvalue weighted by atomic mass is 10.1. The number of rotatable bonds is 4. The first kappa shape index (κ1) is 19.0. The predicted molar refractivity (Wildman–Crippen MR) is 104 cm³/mol. The molecule has 1 nitrogen and oxygen atoms in total. The van der Waals surface area contributed by atoms with Gasteiger partial charge in [0.25, 0.3) is 0 Å². The van der Waals surface area contributed by atoms with Crippen LogP contribution in [0.4, 0.5) is 13.2 Å². The number of hydrogen-bond donors (Lipinski definition) is 0. The fourth-order valence-electron chi connectivity index (χ4n) is 2.90. The molecule has 0 amide bonds. The van der Waals surface area contributed by atoms with Crippen molar-refractivity contribution < 1.29 is 17.7 Å². The summed E-state index contributed by atoms with van der Waals surface area (Å²) in [5, 5.41) is 1.43. The van der Waals surface area contributed by atoms with Crippen LogP contribution in [-0.4, -0.2) is 0 Å². The van der Waals surface area contributed by atoms with Crippen molar-refractivity contribution in [1.29, 1.82) is 0 Å². The van der Waals surface area contributed by atoms with E-state index in [0.29, 0.717) is 16.2 Å². The van der Waals surface area contributed by atoms with Gasteiger partial charge in [-0.25, -0.2) is 0 Å². The van der Waals surface area contributed by atoms with E-state index in [0.717, 1.165) is 12.1 Å². The Morgan fingerprint density at radius 3 is 1.59 bits per heavy atom. The summed E-state index contributed by atoms with van der Waals surface area (Å²) in [7, 11) is -3.35. The predicted octanol–water partition coefficient (Wildman–Crippen LogP) is 5.85. The molecule has 136 valence electrons. The summed E-state index contributed by atoms with van der Waals surface area (Å²) < 4.78 is 52.9. The molecule has 0 heterocycles. The minimum Gasteiger partial charge on any atom is -0.308 e. The van der Waals surface area contributed by atoms with Crippen LogP contribution in [0.2, 0.25) is 0 Å². The molecule has 3 rings (SSSR count). The van der Waals surface area contributed by atoms with Gasteiger partial charge in [-0.05, 0) is 17.7 Å². The van der Waals surface area contributed by atoms with Crippen molar-refractivity contribution in [1.82, 2.24) is 0 Å². The van der Waals surface area contributed by atoms with E-state index in [9.17, 15) is 17.7 Å². The van der Waals surface area contributed by atoms with Gasteiger partial charge in [-0.15, -0.1) is 5.73 Å². The van der Waals surface area contributed by atoms with Crippen LogP contribution in [0, 0.1) is 0 Å². The Morgan fingerprint density at radius 2 is 1.22 bits per heavy atom. The summed E-state index contributed by atoms with van der Waals surface area (Å²) in [6.07, 6.45) is -4.43. The molecule has 0 aliphatic heterocycles. The van der Waals surface area contributed by atoms with E-state index in [1.807, 2.05) is 12.1 Å². The molecule has 0 unspecified atom stereocenters. The fourth-order valence-corrected chi connectivity index (χ4v) is 5.63. The molecule has 0 aliphatic rings. The van der Waals surface area contributed by atoms with E-state index in [-0.39, 0.29) is 5.31 Å². The first-order chi connectivity index (χ1) is 12.9. The summed E-state index contributed by atoms with van der Waals surface area (Å²) in [5.74, 6) is 0. The molecule has 0 atom stereocenters. The molecular formula is C22H16F3OP. The molecule has 0 saturated heterocycles. The summed E-state index contributed by atoms with van der Waals surface area (Å²) in [4.78, 5) is 0. The normalized spacial score (nSPS) is 11.7. The molecule has 5 heteroatoms. The van der Waals surface area contributed by atoms with Gasteiger partial charge in [0, 0.05) is 10.6 Å². The molecule has 27 heavy (non-hydrogen) atoms. The lowest BCUT2D eigenvalue weighted by Gasteiger charge is -2.22. The van der Waals surface area contributed by atoms with Crippen molar-refractivity contribution in [3.8, 4) is 0 Å². The zero-order valence-electron chi connectivity index (χ0n) is 14.3. The molecule has 0 spiro atoms. The van der Waals surface area contributed by atoms with Gasteiger partial charge in [-0.3, -0.25) is 0 Å². The Kier molecular flexibility index (Phi) is 5.23. The minimum absolute atomic E-state index is 0.286. The number of hydrogen-bond acceptors (Lipinski definition) is 1. The lowest BCUT2D eigenvalue weighted by Crippen LogP contribution is -2.16. The second kappa shape index (κ2) is 7.44. The van der Waals surface area contributed by atoms with Crippen molar-refractivity contribution in [2.45, 2.75) is 6.18 Å². The summed E-state index contributed by atoms with van der Waals surface area (Å²) >= 11 is 0. The van der Waals surface area contributed by atoms with Crippen LogP contribution in [0.3, 0.4) is 0 Å². The number of benzene rings is 3. The zero-order chi connectivity index (χ0) is 19.5. The Hall–Kier alpha value is -2.80. The van der Waals surface area contributed by atoms with Crippen LogP contribution in [-0.2, 0) is 10.7 Å². The first-order valence-electron chi connectivity index (χ1n) is 8.17. The van der Waals surface area contributed by atoms with Crippen molar-refractivity contribution in [3.05, 3.63) is 108 Å². The van der Waals surface area contributed by atoms with Gasteiger partial charge in [-0.1, -0.05) is 79.4 Å². The maximum Gasteiger partial charge on any atom is 0.416 e. The largest absolute Gasteiger partial charge is 0.416 e. The van der Waals surface area contributed by atoms with Crippen LogP contribution < -0.4 is 10.6 Å². The van der Waals surface area contributed by atoms with Gasteiger partial charge in [0.05, 0.1) is 10.9 Å². The van der Waals surface area contributed by atoms with Crippen LogP contribution in [0.25, 0.3) is 5.31 Å². The van der Waals surface area contributed by atoms with Crippen LogP contribution >= 0.6 is 7.14 Å². The second-order valence-corrected chi connectivity index (χ2v) is 8.58. The standard InChI is InChI=1S/C22H16F3OP/c1-2-21(17-13-15-18(16-14-17)22(23,24)25)27(26,19-9-5-3-6-10-19)20-11-7-4-8-12-20/h3-16H,1H2. The van der Waals surface area contributed by atoms with Gasteiger partial charge in [0.15, 0.2) is 7.14 Å². The van der Waals surface area contributed by atoms with Crippen molar-refractivity contribution in [3.63, 3.8) is 0 Å². The van der Waals surface area contributed by atoms with E-state index in [1.165, 1.54) is 12.1 Å². The quantitative estimate of drug-likeness (QED) is 0.408. The highest BCUT2D eigenvalue weighted by molar-refractivity contribution is 7.87.